The summed E-state index contributed by atoms with van der Waals surface area (Å²) in [5.41, 5.74) is 1.69. The Labute approximate surface area is 201 Å². The van der Waals surface area contributed by atoms with E-state index in [4.69, 9.17) is 19.4 Å². The molecule has 0 aliphatic carbocycles. The summed E-state index contributed by atoms with van der Waals surface area (Å²) < 4.78 is 43.5. The van der Waals surface area contributed by atoms with E-state index < -0.39 is 12.1 Å². The summed E-state index contributed by atoms with van der Waals surface area (Å²) in [6.07, 6.45) is -0.0313. The predicted octanol–water partition coefficient (Wildman–Crippen LogP) is 3.14. The molecule has 4 heterocycles. The fourth-order valence-electron chi connectivity index (χ4n) is 5.13. The largest absolute Gasteiger partial charge is 0.490 e. The Balaban J connectivity index is 0.000000364. The zero-order valence-electron chi connectivity index (χ0n) is 19.4. The maximum Gasteiger partial charge on any atom is 0.490 e. The molecule has 1 amide bonds. The second kappa shape index (κ2) is 10.5. The average molecular weight is 498 g/mol. The Morgan fingerprint density at radius 2 is 1.91 bits per heavy atom. The van der Waals surface area contributed by atoms with Gasteiger partial charge in [0.05, 0.1) is 25.4 Å². The molecular weight excluding hydrogens is 467 g/mol. The van der Waals surface area contributed by atoms with Crippen molar-refractivity contribution in [1.29, 1.82) is 0 Å². The van der Waals surface area contributed by atoms with Gasteiger partial charge in [0.15, 0.2) is 0 Å². The van der Waals surface area contributed by atoms with Gasteiger partial charge >= 0.3 is 12.1 Å². The number of carboxylic acid groups (broad SMARTS) is 1. The number of rotatable bonds is 3. The lowest BCUT2D eigenvalue weighted by molar-refractivity contribution is -0.192. The SMILES string of the molecule is O=C(O)C(F)(F)F.O=C(c1ccc2[nH]ccc2c1)N1CCCC2(CC(CN3CCOCC3)CO2)C1. The maximum absolute atomic E-state index is 13.1. The molecule has 1 aromatic heterocycles. The fraction of sp³-hybridized carbons (Fsp3) is 0.583. The number of carbonyl (C=O) groups is 2. The van der Waals surface area contributed by atoms with E-state index in [1.54, 1.807) is 0 Å². The van der Waals surface area contributed by atoms with Gasteiger partial charge in [-0.3, -0.25) is 9.69 Å². The van der Waals surface area contributed by atoms with Crippen molar-refractivity contribution in [3.05, 3.63) is 36.0 Å². The molecule has 0 radical (unpaired) electrons. The minimum atomic E-state index is -5.08. The van der Waals surface area contributed by atoms with Crippen LogP contribution in [-0.2, 0) is 14.3 Å². The van der Waals surface area contributed by atoms with Crippen LogP contribution in [0.1, 0.15) is 29.6 Å². The number of aliphatic carboxylic acids is 1. The van der Waals surface area contributed by atoms with E-state index >= 15 is 0 Å². The molecule has 3 saturated heterocycles. The van der Waals surface area contributed by atoms with Crippen LogP contribution in [0.4, 0.5) is 13.2 Å². The van der Waals surface area contributed by atoms with Crippen molar-refractivity contribution >= 4 is 22.8 Å². The van der Waals surface area contributed by atoms with Gasteiger partial charge in [0.2, 0.25) is 0 Å². The van der Waals surface area contributed by atoms with Crippen LogP contribution >= 0.6 is 0 Å². The number of morpholine rings is 1. The lowest BCUT2D eigenvalue weighted by Crippen LogP contribution is -2.50. The summed E-state index contributed by atoms with van der Waals surface area (Å²) in [5, 5.41) is 8.21. The molecular formula is C24H30F3N3O5. The number of carboxylic acids is 1. The molecule has 2 aromatic rings. The molecule has 35 heavy (non-hydrogen) atoms. The minimum Gasteiger partial charge on any atom is -0.475 e. The van der Waals surface area contributed by atoms with Gasteiger partial charge in [-0.2, -0.15) is 13.2 Å². The van der Waals surface area contributed by atoms with Gasteiger partial charge in [0, 0.05) is 55.4 Å². The highest BCUT2D eigenvalue weighted by Gasteiger charge is 2.45. The summed E-state index contributed by atoms with van der Waals surface area (Å²) in [7, 11) is 0. The first kappa shape index (κ1) is 25.5. The Morgan fingerprint density at radius 1 is 1.17 bits per heavy atom. The fourth-order valence-corrected chi connectivity index (χ4v) is 5.13. The molecule has 8 nitrogen and oxygen atoms in total. The van der Waals surface area contributed by atoms with Gasteiger partial charge < -0.3 is 24.5 Å². The van der Waals surface area contributed by atoms with Gasteiger partial charge in [-0.25, -0.2) is 4.79 Å². The number of ether oxygens (including phenoxy) is 2. The number of alkyl halides is 3. The van der Waals surface area contributed by atoms with E-state index in [0.717, 1.165) is 88.3 Å². The van der Waals surface area contributed by atoms with E-state index in [0.29, 0.717) is 5.92 Å². The number of carbonyl (C=O) groups excluding carboxylic acids is 1. The van der Waals surface area contributed by atoms with Crippen molar-refractivity contribution in [2.45, 2.75) is 31.0 Å². The number of aromatic amines is 1. The van der Waals surface area contributed by atoms with Crippen LogP contribution in [0.3, 0.4) is 0 Å². The maximum atomic E-state index is 13.1. The number of likely N-dealkylation sites (tertiary alicyclic amines) is 1. The minimum absolute atomic E-state index is 0.127. The number of fused-ring (bicyclic) bond motifs is 1. The number of amides is 1. The number of aromatic nitrogens is 1. The normalized spacial score (nSPS) is 25.5. The van der Waals surface area contributed by atoms with Crippen molar-refractivity contribution < 1.29 is 37.3 Å². The van der Waals surface area contributed by atoms with Crippen LogP contribution in [0, 0.1) is 5.92 Å². The first-order chi connectivity index (χ1) is 16.7. The molecule has 2 unspecified atom stereocenters. The third-order valence-corrected chi connectivity index (χ3v) is 6.78. The highest BCUT2D eigenvalue weighted by atomic mass is 19.4. The van der Waals surface area contributed by atoms with E-state index in [1.165, 1.54) is 0 Å². The summed E-state index contributed by atoms with van der Waals surface area (Å²) in [6.45, 7) is 7.17. The summed E-state index contributed by atoms with van der Waals surface area (Å²) in [6, 6.07) is 7.93. The second-order valence-corrected chi connectivity index (χ2v) is 9.39. The van der Waals surface area contributed by atoms with Crippen molar-refractivity contribution in [3.8, 4) is 0 Å². The molecule has 1 spiro atoms. The smallest absolute Gasteiger partial charge is 0.475 e. The standard InChI is InChI=1S/C22H29N3O3.C2HF3O2/c26-21(19-2-3-20-18(12-19)4-6-23-20)25-7-1-5-22(16-25)13-17(15-28-22)14-24-8-10-27-11-9-24;3-2(4,5)1(6)7/h2-4,6,12,17,23H,1,5,7-11,13-16H2;(H,6,7). The third-order valence-electron chi connectivity index (χ3n) is 6.78. The molecule has 0 bridgehead atoms. The molecule has 1 aromatic carbocycles. The quantitative estimate of drug-likeness (QED) is 0.677. The van der Waals surface area contributed by atoms with Crippen LogP contribution in [0.15, 0.2) is 30.5 Å². The van der Waals surface area contributed by atoms with Gasteiger partial charge in [0.1, 0.15) is 0 Å². The number of piperidine rings is 1. The van der Waals surface area contributed by atoms with Crippen molar-refractivity contribution in [2.24, 2.45) is 5.92 Å². The monoisotopic (exact) mass is 497 g/mol. The predicted molar refractivity (Wildman–Crippen MR) is 121 cm³/mol. The Morgan fingerprint density at radius 3 is 2.63 bits per heavy atom. The molecule has 3 fully saturated rings. The van der Waals surface area contributed by atoms with E-state index in [2.05, 4.69) is 9.88 Å². The lowest BCUT2D eigenvalue weighted by atomic mass is 9.86. The number of hydrogen-bond acceptors (Lipinski definition) is 5. The van der Waals surface area contributed by atoms with E-state index in [9.17, 15) is 18.0 Å². The average Bonchev–Trinajstić information content (AvgIpc) is 3.45. The summed E-state index contributed by atoms with van der Waals surface area (Å²) in [5.74, 6) is -2.07. The molecule has 2 N–H and O–H groups in total. The van der Waals surface area contributed by atoms with Crippen LogP contribution in [-0.4, -0.2) is 96.1 Å². The number of H-pyrrole nitrogens is 1. The Hall–Kier alpha value is -2.63. The van der Waals surface area contributed by atoms with Crippen LogP contribution < -0.4 is 0 Å². The van der Waals surface area contributed by atoms with Gasteiger partial charge in [-0.15, -0.1) is 0 Å². The molecule has 0 saturated carbocycles. The molecule has 11 heteroatoms. The number of hydrogen-bond donors (Lipinski definition) is 2. The van der Waals surface area contributed by atoms with Crippen molar-refractivity contribution in [1.82, 2.24) is 14.8 Å². The summed E-state index contributed by atoms with van der Waals surface area (Å²) in [4.78, 5) is 29.7. The number of halogens is 3. The topological polar surface area (TPSA) is 95.1 Å². The highest BCUT2D eigenvalue weighted by molar-refractivity contribution is 5.98. The van der Waals surface area contributed by atoms with Crippen molar-refractivity contribution in [3.63, 3.8) is 0 Å². The van der Waals surface area contributed by atoms with Gasteiger partial charge in [-0.1, -0.05) is 0 Å². The van der Waals surface area contributed by atoms with Crippen molar-refractivity contribution in [2.75, 3.05) is 52.5 Å². The zero-order chi connectivity index (χ0) is 25.1. The Kier molecular flexibility index (Phi) is 7.67. The Bertz CT molecular complexity index is 1040. The second-order valence-electron chi connectivity index (χ2n) is 9.39. The highest BCUT2D eigenvalue weighted by Crippen LogP contribution is 2.38. The van der Waals surface area contributed by atoms with E-state index in [-0.39, 0.29) is 11.5 Å². The third kappa shape index (κ3) is 6.33. The van der Waals surface area contributed by atoms with Crippen LogP contribution in [0.2, 0.25) is 0 Å². The van der Waals surface area contributed by atoms with Crippen LogP contribution in [0.5, 0.6) is 0 Å². The number of nitrogens with zero attached hydrogens (tertiary/aromatic N) is 2. The van der Waals surface area contributed by atoms with Crippen LogP contribution in [0.25, 0.3) is 10.9 Å². The first-order valence-corrected chi connectivity index (χ1v) is 11.8. The molecule has 192 valence electrons. The first-order valence-electron chi connectivity index (χ1n) is 11.8. The van der Waals surface area contributed by atoms with E-state index in [1.807, 2.05) is 35.4 Å². The van der Waals surface area contributed by atoms with Gasteiger partial charge in [0.25, 0.3) is 5.91 Å². The molecule has 5 rings (SSSR count). The zero-order valence-corrected chi connectivity index (χ0v) is 19.4. The molecule has 2 atom stereocenters. The summed E-state index contributed by atoms with van der Waals surface area (Å²) >= 11 is 0. The van der Waals surface area contributed by atoms with Gasteiger partial charge in [-0.05, 0) is 49.4 Å². The number of nitrogens with one attached hydrogen (secondary N) is 1. The lowest BCUT2D eigenvalue weighted by Gasteiger charge is -2.40. The number of benzene rings is 1. The molecule has 3 aliphatic heterocycles. The molecule has 3 aliphatic rings.